The van der Waals surface area contributed by atoms with Crippen molar-refractivity contribution in [1.82, 2.24) is 0 Å². The molecule has 1 aliphatic rings. The first kappa shape index (κ1) is 13.9. The Morgan fingerprint density at radius 3 is 2.35 bits per heavy atom. The molecular formula is C10H16O7. The van der Waals surface area contributed by atoms with Gasteiger partial charge in [0, 0.05) is 20.3 Å². The monoisotopic (exact) mass is 248 g/mol. The average Bonchev–Trinajstić information content (AvgIpc) is 2.20. The number of esters is 2. The second-order valence-electron chi connectivity index (χ2n) is 3.77. The molecule has 17 heavy (non-hydrogen) atoms. The van der Waals surface area contributed by atoms with Crippen molar-refractivity contribution in [2.24, 2.45) is 0 Å². The summed E-state index contributed by atoms with van der Waals surface area (Å²) in [4.78, 5) is 21.8. The Morgan fingerprint density at radius 2 is 1.88 bits per heavy atom. The third kappa shape index (κ3) is 3.95. The average molecular weight is 248 g/mol. The normalized spacial score (nSPS) is 32.9. The number of rotatable bonds is 3. The first-order valence-electron chi connectivity index (χ1n) is 5.23. The van der Waals surface area contributed by atoms with Gasteiger partial charge in [0.1, 0.15) is 12.2 Å². The van der Waals surface area contributed by atoms with Gasteiger partial charge in [-0.1, -0.05) is 0 Å². The lowest BCUT2D eigenvalue weighted by molar-refractivity contribution is -0.251. The van der Waals surface area contributed by atoms with Crippen molar-refractivity contribution in [3.8, 4) is 0 Å². The summed E-state index contributed by atoms with van der Waals surface area (Å²) < 4.78 is 14.9. The molecule has 0 radical (unpaired) electrons. The van der Waals surface area contributed by atoms with Crippen molar-refractivity contribution in [3.63, 3.8) is 0 Å². The van der Waals surface area contributed by atoms with Gasteiger partial charge in [0.2, 0.25) is 0 Å². The van der Waals surface area contributed by atoms with Gasteiger partial charge in [-0.25, -0.2) is 0 Å². The summed E-state index contributed by atoms with van der Waals surface area (Å²) in [6.07, 6.45) is -3.81. The van der Waals surface area contributed by atoms with Crippen molar-refractivity contribution < 1.29 is 34.0 Å². The summed E-state index contributed by atoms with van der Waals surface area (Å²) in [6.45, 7) is 1.96. The van der Waals surface area contributed by atoms with Crippen LogP contribution in [0.4, 0.5) is 0 Å². The van der Waals surface area contributed by atoms with Crippen LogP contribution in [0.2, 0.25) is 0 Å². The Hall–Kier alpha value is -1.18. The first-order chi connectivity index (χ1) is 7.93. The highest BCUT2D eigenvalue weighted by Crippen LogP contribution is 2.24. The molecule has 98 valence electrons. The van der Waals surface area contributed by atoms with E-state index in [1.54, 1.807) is 0 Å². The minimum absolute atomic E-state index is 0.00593. The number of carbonyl (C=O) groups excluding carboxylic acids is 2. The molecule has 7 heteroatoms. The van der Waals surface area contributed by atoms with Crippen molar-refractivity contribution in [1.29, 1.82) is 0 Å². The predicted molar refractivity (Wildman–Crippen MR) is 53.7 cm³/mol. The van der Waals surface area contributed by atoms with Gasteiger partial charge in [0.05, 0.1) is 6.61 Å². The number of ether oxygens (including phenoxy) is 3. The Labute approximate surface area is 98.3 Å². The van der Waals surface area contributed by atoms with E-state index in [-0.39, 0.29) is 6.42 Å². The fraction of sp³-hybridized carbons (Fsp3) is 0.800. The van der Waals surface area contributed by atoms with Gasteiger partial charge in [-0.3, -0.25) is 9.59 Å². The molecule has 1 aliphatic heterocycles. The van der Waals surface area contributed by atoms with E-state index in [0.717, 1.165) is 0 Å². The number of hydrogen-bond donors (Lipinski definition) is 2. The van der Waals surface area contributed by atoms with E-state index in [2.05, 4.69) is 0 Å². The zero-order chi connectivity index (χ0) is 13.0. The van der Waals surface area contributed by atoms with Gasteiger partial charge in [0.25, 0.3) is 0 Å². The fourth-order valence-electron chi connectivity index (χ4n) is 1.73. The second-order valence-corrected chi connectivity index (χ2v) is 3.77. The lowest BCUT2D eigenvalue weighted by Crippen LogP contribution is -2.53. The topological polar surface area (TPSA) is 102 Å². The summed E-state index contributed by atoms with van der Waals surface area (Å²) in [5, 5.41) is 18.5. The summed E-state index contributed by atoms with van der Waals surface area (Å²) in [5.74, 6) is -1.14. The fourth-order valence-corrected chi connectivity index (χ4v) is 1.73. The Bertz CT molecular complexity index is 290. The highest BCUT2D eigenvalue weighted by Gasteiger charge is 2.42. The molecule has 4 atom stereocenters. The standard InChI is InChI=1S/C10H16O7/c1-5(12)15-7-3-9(14)17-8(4-11)10(7)16-6(2)13/h7-11,14H,3-4H2,1-2H3/t7?,8?,9?,10-/m0/s1. The molecule has 1 heterocycles. The predicted octanol–water partition coefficient (Wildman–Crippen LogP) is -1.05. The molecule has 1 rings (SSSR count). The Morgan fingerprint density at radius 1 is 1.29 bits per heavy atom. The van der Waals surface area contributed by atoms with Crippen LogP contribution in [0.3, 0.4) is 0 Å². The van der Waals surface area contributed by atoms with Gasteiger partial charge in [-0.2, -0.15) is 0 Å². The lowest BCUT2D eigenvalue weighted by Gasteiger charge is -2.37. The van der Waals surface area contributed by atoms with Crippen LogP contribution in [0.5, 0.6) is 0 Å². The minimum Gasteiger partial charge on any atom is -0.458 e. The molecule has 0 aromatic heterocycles. The largest absolute Gasteiger partial charge is 0.458 e. The second kappa shape index (κ2) is 5.95. The van der Waals surface area contributed by atoms with Crippen LogP contribution >= 0.6 is 0 Å². The van der Waals surface area contributed by atoms with E-state index < -0.39 is 43.1 Å². The van der Waals surface area contributed by atoms with Crippen LogP contribution in [-0.4, -0.2) is 53.4 Å². The zero-order valence-electron chi connectivity index (χ0n) is 9.66. The summed E-state index contributed by atoms with van der Waals surface area (Å²) in [7, 11) is 0. The molecular weight excluding hydrogens is 232 g/mol. The maximum absolute atomic E-state index is 10.9. The molecule has 0 bridgehead atoms. The lowest BCUT2D eigenvalue weighted by atomic mass is 10.0. The van der Waals surface area contributed by atoms with E-state index in [4.69, 9.17) is 19.3 Å². The summed E-state index contributed by atoms with van der Waals surface area (Å²) >= 11 is 0. The van der Waals surface area contributed by atoms with E-state index in [0.29, 0.717) is 0 Å². The van der Waals surface area contributed by atoms with Crippen LogP contribution in [0.25, 0.3) is 0 Å². The van der Waals surface area contributed by atoms with Crippen LogP contribution in [0.1, 0.15) is 20.3 Å². The molecule has 0 aliphatic carbocycles. The van der Waals surface area contributed by atoms with Gasteiger partial charge < -0.3 is 24.4 Å². The van der Waals surface area contributed by atoms with Crippen molar-refractivity contribution in [3.05, 3.63) is 0 Å². The number of aliphatic hydroxyl groups excluding tert-OH is 2. The van der Waals surface area contributed by atoms with Gasteiger partial charge in [0.15, 0.2) is 12.4 Å². The number of hydrogen-bond acceptors (Lipinski definition) is 7. The van der Waals surface area contributed by atoms with Crippen LogP contribution in [0, 0.1) is 0 Å². The Kier molecular flexibility index (Phi) is 4.86. The van der Waals surface area contributed by atoms with Gasteiger partial charge in [-0.15, -0.1) is 0 Å². The van der Waals surface area contributed by atoms with Crippen LogP contribution in [-0.2, 0) is 23.8 Å². The number of carbonyl (C=O) groups is 2. The van der Waals surface area contributed by atoms with E-state index >= 15 is 0 Å². The smallest absolute Gasteiger partial charge is 0.303 e. The maximum atomic E-state index is 10.9. The summed E-state index contributed by atoms with van der Waals surface area (Å²) in [6, 6.07) is 0. The molecule has 1 fully saturated rings. The van der Waals surface area contributed by atoms with E-state index in [9.17, 15) is 14.7 Å². The van der Waals surface area contributed by atoms with Crippen LogP contribution in [0.15, 0.2) is 0 Å². The minimum atomic E-state index is -1.16. The van der Waals surface area contributed by atoms with Gasteiger partial charge in [-0.05, 0) is 0 Å². The molecule has 1 saturated heterocycles. The Balaban J connectivity index is 2.78. The quantitative estimate of drug-likeness (QED) is 0.614. The zero-order valence-corrected chi connectivity index (χ0v) is 9.66. The van der Waals surface area contributed by atoms with Crippen molar-refractivity contribution in [2.45, 2.75) is 44.9 Å². The summed E-state index contributed by atoms with van der Waals surface area (Å²) in [5.41, 5.74) is 0. The molecule has 0 aromatic carbocycles. The van der Waals surface area contributed by atoms with Crippen molar-refractivity contribution in [2.75, 3.05) is 6.61 Å². The third-order valence-corrected chi connectivity index (χ3v) is 2.30. The third-order valence-electron chi connectivity index (χ3n) is 2.30. The molecule has 0 aromatic rings. The highest BCUT2D eigenvalue weighted by molar-refractivity contribution is 5.67. The van der Waals surface area contributed by atoms with Crippen LogP contribution < -0.4 is 0 Å². The SMILES string of the molecule is CC(=O)OC1CC(O)OC(CO)[C@H]1OC(C)=O. The molecule has 0 saturated carbocycles. The molecule has 3 unspecified atom stereocenters. The first-order valence-corrected chi connectivity index (χ1v) is 5.23. The number of aliphatic hydroxyl groups is 2. The molecule has 2 N–H and O–H groups in total. The van der Waals surface area contributed by atoms with Gasteiger partial charge >= 0.3 is 11.9 Å². The molecule has 7 nitrogen and oxygen atoms in total. The molecule has 0 spiro atoms. The van der Waals surface area contributed by atoms with Crippen molar-refractivity contribution >= 4 is 11.9 Å². The molecule has 0 amide bonds. The highest BCUT2D eigenvalue weighted by atomic mass is 16.7. The maximum Gasteiger partial charge on any atom is 0.303 e. The van der Waals surface area contributed by atoms with E-state index in [1.807, 2.05) is 0 Å². The van der Waals surface area contributed by atoms with E-state index in [1.165, 1.54) is 13.8 Å².